The van der Waals surface area contributed by atoms with Crippen molar-refractivity contribution < 1.29 is 9.53 Å². The lowest BCUT2D eigenvalue weighted by atomic mass is 9.96. The van der Waals surface area contributed by atoms with Crippen molar-refractivity contribution in [1.82, 2.24) is 5.32 Å². The molecule has 0 aromatic heterocycles. The summed E-state index contributed by atoms with van der Waals surface area (Å²) in [7, 11) is 0. The third-order valence-electron chi connectivity index (χ3n) is 3.66. The predicted octanol–water partition coefficient (Wildman–Crippen LogP) is 3.69. The highest BCUT2D eigenvalue weighted by atomic mass is 79.9. The highest BCUT2D eigenvalue weighted by Crippen LogP contribution is 2.23. The van der Waals surface area contributed by atoms with E-state index in [2.05, 4.69) is 33.5 Å². The number of nitrogens with one attached hydrogen (secondary N) is 2. The van der Waals surface area contributed by atoms with Gasteiger partial charge in [0, 0.05) is 23.3 Å². The van der Waals surface area contributed by atoms with Gasteiger partial charge in [-0.15, -0.1) is 0 Å². The Kier molecular flexibility index (Phi) is 5.43. The molecule has 20 heavy (non-hydrogen) atoms. The van der Waals surface area contributed by atoms with E-state index in [9.17, 15) is 4.79 Å². The first kappa shape index (κ1) is 15.3. The third kappa shape index (κ3) is 4.21. The van der Waals surface area contributed by atoms with Gasteiger partial charge in [0.05, 0.1) is 6.10 Å². The van der Waals surface area contributed by atoms with Crippen molar-refractivity contribution in [2.24, 2.45) is 5.92 Å². The highest BCUT2D eigenvalue weighted by Gasteiger charge is 2.19. The number of ether oxygens (including phenoxy) is 1. The van der Waals surface area contributed by atoms with Crippen LogP contribution in [-0.4, -0.2) is 25.3 Å². The minimum atomic E-state index is -0.148. The fourth-order valence-electron chi connectivity index (χ4n) is 2.42. The van der Waals surface area contributed by atoms with Crippen molar-refractivity contribution in [3.8, 4) is 0 Å². The van der Waals surface area contributed by atoms with Gasteiger partial charge in [-0.3, -0.25) is 0 Å². The molecule has 1 aromatic rings. The Morgan fingerprint density at radius 3 is 3.05 bits per heavy atom. The van der Waals surface area contributed by atoms with Crippen molar-refractivity contribution in [1.29, 1.82) is 0 Å². The van der Waals surface area contributed by atoms with Crippen molar-refractivity contribution in [2.75, 3.05) is 18.5 Å². The van der Waals surface area contributed by atoms with Crippen LogP contribution in [0.4, 0.5) is 10.5 Å². The van der Waals surface area contributed by atoms with E-state index in [0.29, 0.717) is 18.6 Å². The monoisotopic (exact) mass is 340 g/mol. The number of amides is 2. The summed E-state index contributed by atoms with van der Waals surface area (Å²) in [4.78, 5) is 11.9. The Labute approximate surface area is 128 Å². The molecule has 2 amide bonds. The third-order valence-corrected chi connectivity index (χ3v) is 4.52. The molecule has 2 N–H and O–H groups in total. The molecule has 1 aliphatic heterocycles. The molecular weight excluding hydrogens is 320 g/mol. The molecule has 2 unspecified atom stereocenters. The van der Waals surface area contributed by atoms with Gasteiger partial charge in [0.2, 0.25) is 0 Å². The Bertz CT molecular complexity index is 479. The van der Waals surface area contributed by atoms with Crippen LogP contribution in [0.1, 0.15) is 25.3 Å². The Morgan fingerprint density at radius 1 is 1.50 bits per heavy atom. The molecule has 1 aliphatic rings. The molecule has 4 nitrogen and oxygen atoms in total. The second-order valence-electron chi connectivity index (χ2n) is 5.32. The maximum atomic E-state index is 11.9. The smallest absolute Gasteiger partial charge is 0.319 e. The van der Waals surface area contributed by atoms with Crippen LogP contribution in [0.25, 0.3) is 0 Å². The van der Waals surface area contributed by atoms with Gasteiger partial charge >= 0.3 is 6.03 Å². The van der Waals surface area contributed by atoms with Gasteiger partial charge in [-0.2, -0.15) is 0 Å². The standard InChI is InChI=1S/C15H21BrN2O2/c1-10-8-12(6-7-20-10)9-17-15(19)18-14-5-3-4-13(16)11(14)2/h3-5,10,12H,6-9H2,1-2H3,(H2,17,18,19). The zero-order valence-electron chi connectivity index (χ0n) is 11.9. The van der Waals surface area contributed by atoms with Gasteiger partial charge in [-0.25, -0.2) is 4.79 Å². The lowest BCUT2D eigenvalue weighted by molar-refractivity contribution is 0.00354. The Balaban J connectivity index is 1.82. The Hall–Kier alpha value is -1.07. The molecule has 1 heterocycles. The summed E-state index contributed by atoms with van der Waals surface area (Å²) >= 11 is 3.46. The summed E-state index contributed by atoms with van der Waals surface area (Å²) in [6, 6.07) is 5.62. The summed E-state index contributed by atoms with van der Waals surface area (Å²) in [6.45, 7) is 5.55. The summed E-state index contributed by atoms with van der Waals surface area (Å²) in [5, 5.41) is 5.84. The van der Waals surface area contributed by atoms with E-state index in [1.54, 1.807) is 0 Å². The first-order chi connectivity index (χ1) is 9.56. The molecule has 1 fully saturated rings. The van der Waals surface area contributed by atoms with E-state index in [1.807, 2.05) is 25.1 Å². The lowest BCUT2D eigenvalue weighted by Gasteiger charge is -2.27. The zero-order valence-corrected chi connectivity index (χ0v) is 13.5. The van der Waals surface area contributed by atoms with Crippen LogP contribution < -0.4 is 10.6 Å². The molecule has 0 bridgehead atoms. The molecule has 1 saturated heterocycles. The van der Waals surface area contributed by atoms with Crippen LogP contribution in [0.15, 0.2) is 22.7 Å². The molecule has 1 aromatic carbocycles. The minimum Gasteiger partial charge on any atom is -0.378 e. The van der Waals surface area contributed by atoms with Crippen molar-refractivity contribution in [3.05, 3.63) is 28.2 Å². The number of hydrogen-bond donors (Lipinski definition) is 2. The molecule has 0 spiro atoms. The van der Waals surface area contributed by atoms with Crippen LogP contribution >= 0.6 is 15.9 Å². The zero-order chi connectivity index (χ0) is 14.5. The molecule has 2 rings (SSSR count). The average molecular weight is 341 g/mol. The second-order valence-corrected chi connectivity index (χ2v) is 6.17. The largest absolute Gasteiger partial charge is 0.378 e. The van der Waals surface area contributed by atoms with Gasteiger partial charge in [-0.05, 0) is 50.3 Å². The highest BCUT2D eigenvalue weighted by molar-refractivity contribution is 9.10. The molecular formula is C15H21BrN2O2. The Morgan fingerprint density at radius 2 is 2.30 bits per heavy atom. The van der Waals surface area contributed by atoms with E-state index >= 15 is 0 Å². The molecule has 0 aliphatic carbocycles. The van der Waals surface area contributed by atoms with Crippen LogP contribution in [0, 0.1) is 12.8 Å². The van der Waals surface area contributed by atoms with E-state index in [4.69, 9.17) is 4.74 Å². The van der Waals surface area contributed by atoms with Crippen LogP contribution in [0.3, 0.4) is 0 Å². The fourth-order valence-corrected chi connectivity index (χ4v) is 2.79. The van der Waals surface area contributed by atoms with E-state index in [-0.39, 0.29) is 6.03 Å². The number of halogens is 1. The summed E-state index contributed by atoms with van der Waals surface area (Å²) in [5.74, 6) is 0.508. The van der Waals surface area contributed by atoms with Gasteiger partial charge in [0.1, 0.15) is 0 Å². The summed E-state index contributed by atoms with van der Waals surface area (Å²) in [5.41, 5.74) is 1.86. The first-order valence-corrected chi connectivity index (χ1v) is 7.77. The SMILES string of the molecule is Cc1c(Br)cccc1NC(=O)NCC1CCOC(C)C1. The number of hydrogen-bond acceptors (Lipinski definition) is 2. The number of carbonyl (C=O) groups excluding carboxylic acids is 1. The molecule has 0 radical (unpaired) electrons. The van der Waals surface area contributed by atoms with E-state index < -0.39 is 0 Å². The van der Waals surface area contributed by atoms with E-state index in [1.165, 1.54) is 0 Å². The maximum absolute atomic E-state index is 11.9. The minimum absolute atomic E-state index is 0.148. The topological polar surface area (TPSA) is 50.4 Å². The number of benzene rings is 1. The van der Waals surface area contributed by atoms with Gasteiger partial charge in [-0.1, -0.05) is 22.0 Å². The molecule has 5 heteroatoms. The molecule has 0 saturated carbocycles. The van der Waals surface area contributed by atoms with Gasteiger partial charge in [0.15, 0.2) is 0 Å². The average Bonchev–Trinajstić information content (AvgIpc) is 2.42. The number of rotatable bonds is 3. The quantitative estimate of drug-likeness (QED) is 0.881. The van der Waals surface area contributed by atoms with Crippen molar-refractivity contribution in [3.63, 3.8) is 0 Å². The normalized spacial score (nSPS) is 22.4. The number of anilines is 1. The first-order valence-electron chi connectivity index (χ1n) is 6.98. The van der Waals surface area contributed by atoms with Crippen LogP contribution in [0.2, 0.25) is 0 Å². The van der Waals surface area contributed by atoms with Gasteiger partial charge in [0.25, 0.3) is 0 Å². The van der Waals surface area contributed by atoms with Crippen molar-refractivity contribution >= 4 is 27.6 Å². The second kappa shape index (κ2) is 7.09. The number of urea groups is 1. The molecule has 110 valence electrons. The lowest BCUT2D eigenvalue weighted by Crippen LogP contribution is -2.36. The van der Waals surface area contributed by atoms with Gasteiger partial charge < -0.3 is 15.4 Å². The fraction of sp³-hybridized carbons (Fsp3) is 0.533. The predicted molar refractivity (Wildman–Crippen MR) is 84.0 cm³/mol. The van der Waals surface area contributed by atoms with Crippen LogP contribution in [-0.2, 0) is 4.74 Å². The number of carbonyl (C=O) groups is 1. The maximum Gasteiger partial charge on any atom is 0.319 e. The van der Waals surface area contributed by atoms with Crippen LogP contribution in [0.5, 0.6) is 0 Å². The van der Waals surface area contributed by atoms with E-state index in [0.717, 1.165) is 35.2 Å². The van der Waals surface area contributed by atoms with Crippen molar-refractivity contribution in [2.45, 2.75) is 32.8 Å². The summed E-state index contributed by atoms with van der Waals surface area (Å²) in [6.07, 6.45) is 2.32. The molecule has 2 atom stereocenters. The summed E-state index contributed by atoms with van der Waals surface area (Å²) < 4.78 is 6.50.